The van der Waals surface area contributed by atoms with Gasteiger partial charge in [-0.15, -0.1) is 0 Å². The van der Waals surface area contributed by atoms with Crippen LogP contribution in [-0.2, 0) is 11.4 Å². The van der Waals surface area contributed by atoms with Gasteiger partial charge in [0.1, 0.15) is 12.4 Å². The van der Waals surface area contributed by atoms with Crippen LogP contribution in [0.25, 0.3) is 10.9 Å². The lowest BCUT2D eigenvalue weighted by Gasteiger charge is -2.24. The topological polar surface area (TPSA) is 101 Å². The summed E-state index contributed by atoms with van der Waals surface area (Å²) in [6.07, 6.45) is 4.22. The van der Waals surface area contributed by atoms with Crippen LogP contribution in [0.15, 0.2) is 54.6 Å². The van der Waals surface area contributed by atoms with Crippen molar-refractivity contribution in [2.24, 2.45) is 5.92 Å². The summed E-state index contributed by atoms with van der Waals surface area (Å²) in [6, 6.07) is 16.7. The van der Waals surface area contributed by atoms with E-state index in [2.05, 4.69) is 10.3 Å². The van der Waals surface area contributed by atoms with Crippen molar-refractivity contribution < 1.29 is 19.5 Å². The average Bonchev–Trinajstić information content (AvgIpc) is 3.07. The van der Waals surface area contributed by atoms with Crippen molar-refractivity contribution in [2.75, 3.05) is 0 Å². The van der Waals surface area contributed by atoms with Crippen molar-refractivity contribution >= 4 is 22.7 Å². The lowest BCUT2D eigenvalue weighted by atomic mass is 9.93. The van der Waals surface area contributed by atoms with Crippen LogP contribution in [0.2, 0.25) is 0 Å². The summed E-state index contributed by atoms with van der Waals surface area (Å²) in [4.78, 5) is 29.4. The monoisotopic (exact) mass is 447 g/mol. The zero-order chi connectivity index (χ0) is 23.2. The Hall–Kier alpha value is -3.45. The van der Waals surface area contributed by atoms with Gasteiger partial charge in [0.25, 0.3) is 5.91 Å². The molecule has 1 aliphatic rings. The number of pyridine rings is 1. The Balaban J connectivity index is 1.41. The minimum Gasteiger partial charge on any atom is -0.489 e. The van der Waals surface area contributed by atoms with Crippen molar-refractivity contribution in [1.82, 2.24) is 15.8 Å². The lowest BCUT2D eigenvalue weighted by molar-refractivity contribution is -0.134. The van der Waals surface area contributed by atoms with Crippen molar-refractivity contribution in [3.8, 4) is 5.75 Å². The van der Waals surface area contributed by atoms with Gasteiger partial charge < -0.3 is 10.1 Å². The molecule has 172 valence electrons. The largest absolute Gasteiger partial charge is 0.489 e. The SMILES string of the molecule is Cc1cc(COc2ccc(C(=O)N[C@@H]3CCCCC[C@H]3C(=O)NO)cc2)c2ccccc2n1. The van der Waals surface area contributed by atoms with Gasteiger partial charge in [-0.25, -0.2) is 5.48 Å². The molecule has 1 heterocycles. The maximum Gasteiger partial charge on any atom is 0.251 e. The van der Waals surface area contributed by atoms with Gasteiger partial charge in [0.2, 0.25) is 5.91 Å². The fraction of sp³-hybridized carbons (Fsp3) is 0.346. The second-order valence-corrected chi connectivity index (χ2v) is 8.55. The van der Waals surface area contributed by atoms with Crippen molar-refractivity contribution in [3.05, 3.63) is 71.4 Å². The van der Waals surface area contributed by atoms with E-state index in [0.717, 1.165) is 41.4 Å². The van der Waals surface area contributed by atoms with Gasteiger partial charge in [0.15, 0.2) is 0 Å². The van der Waals surface area contributed by atoms with Gasteiger partial charge in [0, 0.05) is 28.2 Å². The molecule has 2 atom stereocenters. The number of hydrogen-bond acceptors (Lipinski definition) is 5. The molecule has 0 aliphatic heterocycles. The van der Waals surface area contributed by atoms with Crippen LogP contribution < -0.4 is 15.5 Å². The van der Waals surface area contributed by atoms with Gasteiger partial charge in [-0.2, -0.15) is 0 Å². The van der Waals surface area contributed by atoms with E-state index in [1.165, 1.54) is 0 Å². The minimum atomic E-state index is -0.440. The van der Waals surface area contributed by atoms with Crippen molar-refractivity contribution in [2.45, 2.75) is 51.7 Å². The van der Waals surface area contributed by atoms with E-state index in [1.54, 1.807) is 29.7 Å². The van der Waals surface area contributed by atoms with E-state index in [0.29, 0.717) is 30.8 Å². The summed E-state index contributed by atoms with van der Waals surface area (Å²) in [5.41, 5.74) is 5.18. The number of fused-ring (bicyclic) bond motifs is 1. The summed E-state index contributed by atoms with van der Waals surface area (Å²) in [5, 5.41) is 13.1. The number of nitrogens with zero attached hydrogens (tertiary/aromatic N) is 1. The molecule has 33 heavy (non-hydrogen) atoms. The Bertz CT molecular complexity index is 1130. The first-order valence-corrected chi connectivity index (χ1v) is 11.4. The number of rotatable bonds is 6. The summed E-state index contributed by atoms with van der Waals surface area (Å²) in [7, 11) is 0. The highest BCUT2D eigenvalue weighted by molar-refractivity contribution is 5.95. The van der Waals surface area contributed by atoms with Crippen molar-refractivity contribution in [1.29, 1.82) is 0 Å². The Kier molecular flexibility index (Phi) is 7.19. The maximum absolute atomic E-state index is 12.8. The maximum atomic E-state index is 12.8. The van der Waals surface area contributed by atoms with Crippen LogP contribution >= 0.6 is 0 Å². The van der Waals surface area contributed by atoms with E-state index in [9.17, 15) is 9.59 Å². The second-order valence-electron chi connectivity index (χ2n) is 8.55. The highest BCUT2D eigenvalue weighted by Crippen LogP contribution is 2.25. The third-order valence-electron chi connectivity index (χ3n) is 6.22. The predicted molar refractivity (Wildman–Crippen MR) is 125 cm³/mol. The van der Waals surface area contributed by atoms with Crippen LogP contribution in [-0.4, -0.2) is 28.0 Å². The molecule has 0 unspecified atom stereocenters. The molecule has 7 heteroatoms. The number of aromatic nitrogens is 1. The number of hydroxylamine groups is 1. The van der Waals surface area contributed by atoms with Gasteiger partial charge >= 0.3 is 0 Å². The van der Waals surface area contributed by atoms with Gasteiger partial charge in [-0.3, -0.25) is 19.8 Å². The zero-order valence-corrected chi connectivity index (χ0v) is 18.7. The molecule has 0 spiro atoms. The standard InChI is InChI=1S/C26H29N3O4/c1-17-15-19(21-7-5-6-10-23(21)27-17)16-33-20-13-11-18(12-14-20)25(30)28-24-9-4-2-3-8-22(24)26(31)29-32/h5-7,10-15,22,24,32H,2-4,8-9,16H2,1H3,(H,28,30)(H,29,31)/t22-,24-/m1/s1. The molecule has 0 saturated heterocycles. The number of ether oxygens (including phenoxy) is 1. The first kappa shape index (κ1) is 22.7. The van der Waals surface area contributed by atoms with E-state index in [-0.39, 0.29) is 11.9 Å². The predicted octanol–water partition coefficient (Wildman–Crippen LogP) is 4.31. The molecule has 3 N–H and O–H groups in total. The number of hydrogen-bond donors (Lipinski definition) is 3. The Morgan fingerprint density at radius 2 is 1.82 bits per heavy atom. The summed E-state index contributed by atoms with van der Waals surface area (Å²) < 4.78 is 5.98. The quantitative estimate of drug-likeness (QED) is 0.297. The molecule has 2 aromatic carbocycles. The third kappa shape index (κ3) is 5.49. The van der Waals surface area contributed by atoms with Crippen LogP contribution in [0.4, 0.5) is 0 Å². The van der Waals surface area contributed by atoms with Crippen LogP contribution in [0.3, 0.4) is 0 Å². The summed E-state index contributed by atoms with van der Waals surface area (Å²) >= 11 is 0. The lowest BCUT2D eigenvalue weighted by Crippen LogP contribution is -2.45. The van der Waals surface area contributed by atoms with Gasteiger partial charge in [-0.1, -0.05) is 37.5 Å². The zero-order valence-electron chi connectivity index (χ0n) is 18.7. The van der Waals surface area contributed by atoms with E-state index >= 15 is 0 Å². The Morgan fingerprint density at radius 3 is 2.61 bits per heavy atom. The van der Waals surface area contributed by atoms with E-state index in [1.807, 2.05) is 37.3 Å². The molecule has 1 aromatic heterocycles. The number of benzene rings is 2. The number of nitrogens with one attached hydrogen (secondary N) is 2. The van der Waals surface area contributed by atoms with Gasteiger partial charge in [-0.05, 0) is 56.2 Å². The molecule has 0 bridgehead atoms. The van der Waals surface area contributed by atoms with Crippen LogP contribution in [0, 0.1) is 12.8 Å². The molecular weight excluding hydrogens is 418 g/mol. The first-order valence-electron chi connectivity index (χ1n) is 11.4. The molecule has 0 radical (unpaired) electrons. The molecule has 1 fully saturated rings. The van der Waals surface area contributed by atoms with E-state index < -0.39 is 11.8 Å². The summed E-state index contributed by atoms with van der Waals surface area (Å²) in [6.45, 7) is 2.36. The number of carbonyl (C=O) groups is 2. The fourth-order valence-corrected chi connectivity index (χ4v) is 4.51. The Morgan fingerprint density at radius 1 is 1.06 bits per heavy atom. The normalized spacial score (nSPS) is 18.4. The fourth-order valence-electron chi connectivity index (χ4n) is 4.51. The molecule has 1 aliphatic carbocycles. The van der Waals surface area contributed by atoms with Crippen LogP contribution in [0.5, 0.6) is 5.75 Å². The Labute approximate surface area is 193 Å². The highest BCUT2D eigenvalue weighted by Gasteiger charge is 2.30. The third-order valence-corrected chi connectivity index (χ3v) is 6.22. The number of carbonyl (C=O) groups excluding carboxylic acids is 2. The first-order chi connectivity index (χ1) is 16.0. The number of amides is 2. The van der Waals surface area contributed by atoms with Crippen molar-refractivity contribution in [3.63, 3.8) is 0 Å². The number of aryl methyl sites for hydroxylation is 1. The molecule has 7 nitrogen and oxygen atoms in total. The molecule has 4 rings (SSSR count). The molecule has 2 amide bonds. The molecule has 3 aromatic rings. The molecular formula is C26H29N3O4. The smallest absolute Gasteiger partial charge is 0.251 e. The van der Waals surface area contributed by atoms with Crippen LogP contribution in [0.1, 0.15) is 53.7 Å². The summed E-state index contributed by atoms with van der Waals surface area (Å²) in [5.74, 6) is -0.440. The second kappa shape index (κ2) is 10.4. The number of para-hydroxylation sites is 1. The molecule has 1 saturated carbocycles. The average molecular weight is 448 g/mol. The van der Waals surface area contributed by atoms with E-state index in [4.69, 9.17) is 9.94 Å². The van der Waals surface area contributed by atoms with Gasteiger partial charge in [0.05, 0.1) is 11.4 Å². The minimum absolute atomic E-state index is 0.236. The highest BCUT2D eigenvalue weighted by atomic mass is 16.5.